The van der Waals surface area contributed by atoms with Crippen LogP contribution in [0.25, 0.3) is 0 Å². The second-order valence-electron chi connectivity index (χ2n) is 4.96. The van der Waals surface area contributed by atoms with Crippen LogP contribution in [0, 0.1) is 12.8 Å². The first-order chi connectivity index (χ1) is 9.08. The molecule has 0 aliphatic heterocycles. The van der Waals surface area contributed by atoms with E-state index in [1.54, 1.807) is 7.11 Å². The van der Waals surface area contributed by atoms with Gasteiger partial charge in [-0.25, -0.2) is 0 Å². The van der Waals surface area contributed by atoms with E-state index in [1.165, 1.54) is 24.0 Å². The topological polar surface area (TPSA) is 21.3 Å². The van der Waals surface area contributed by atoms with E-state index in [-0.39, 0.29) is 0 Å². The summed E-state index contributed by atoms with van der Waals surface area (Å²) in [4.78, 5) is 0. The minimum Gasteiger partial charge on any atom is -0.496 e. The molecular weight excluding hydrogens is 302 g/mol. The molecule has 0 amide bonds. The second kappa shape index (κ2) is 7.91. The largest absolute Gasteiger partial charge is 0.496 e. The van der Waals surface area contributed by atoms with Gasteiger partial charge < -0.3 is 10.1 Å². The van der Waals surface area contributed by atoms with Crippen LogP contribution in [0.15, 0.2) is 16.6 Å². The van der Waals surface area contributed by atoms with Crippen LogP contribution in [0.2, 0.25) is 0 Å². The molecule has 0 aliphatic rings. The highest BCUT2D eigenvalue weighted by molar-refractivity contribution is 9.10. The maximum atomic E-state index is 5.59. The molecule has 108 valence electrons. The maximum Gasteiger partial charge on any atom is 0.123 e. The van der Waals surface area contributed by atoms with Crippen LogP contribution in [0.4, 0.5) is 0 Å². The molecule has 3 heteroatoms. The van der Waals surface area contributed by atoms with E-state index in [0.717, 1.165) is 16.8 Å². The van der Waals surface area contributed by atoms with Crippen LogP contribution >= 0.6 is 15.9 Å². The van der Waals surface area contributed by atoms with Crippen molar-refractivity contribution >= 4 is 15.9 Å². The zero-order valence-corrected chi connectivity index (χ0v) is 14.3. The number of benzene rings is 1. The monoisotopic (exact) mass is 327 g/mol. The Labute approximate surface area is 126 Å². The summed E-state index contributed by atoms with van der Waals surface area (Å²) in [5.41, 5.74) is 2.47. The lowest BCUT2D eigenvalue weighted by Gasteiger charge is -2.28. The van der Waals surface area contributed by atoms with Gasteiger partial charge in [0.2, 0.25) is 0 Å². The van der Waals surface area contributed by atoms with Crippen molar-refractivity contribution in [3.63, 3.8) is 0 Å². The summed E-state index contributed by atoms with van der Waals surface area (Å²) >= 11 is 3.64. The Morgan fingerprint density at radius 3 is 2.32 bits per heavy atom. The van der Waals surface area contributed by atoms with E-state index in [9.17, 15) is 0 Å². The van der Waals surface area contributed by atoms with Gasteiger partial charge in [-0.1, -0.05) is 49.5 Å². The van der Waals surface area contributed by atoms with Gasteiger partial charge in [0.1, 0.15) is 5.75 Å². The number of methoxy groups -OCH3 is 1. The summed E-state index contributed by atoms with van der Waals surface area (Å²) < 4.78 is 6.74. The Hall–Kier alpha value is -0.540. The van der Waals surface area contributed by atoms with Gasteiger partial charge in [-0.3, -0.25) is 0 Å². The minimum atomic E-state index is 0.354. The molecule has 0 radical (unpaired) electrons. The van der Waals surface area contributed by atoms with Crippen LogP contribution in [0.5, 0.6) is 5.75 Å². The molecule has 19 heavy (non-hydrogen) atoms. The Morgan fingerprint density at radius 1 is 1.21 bits per heavy atom. The molecule has 0 saturated carbocycles. The highest BCUT2D eigenvalue weighted by Gasteiger charge is 2.23. The SMILES string of the molecule is CCNC(c1cc(Br)c(C)cc1OC)C(CC)CC. The number of ether oxygens (including phenoxy) is 1. The van der Waals surface area contributed by atoms with Crippen LogP contribution in [-0.4, -0.2) is 13.7 Å². The van der Waals surface area contributed by atoms with Crippen molar-refractivity contribution in [2.24, 2.45) is 5.92 Å². The summed E-state index contributed by atoms with van der Waals surface area (Å²) in [7, 11) is 1.75. The van der Waals surface area contributed by atoms with Gasteiger partial charge in [-0.05, 0) is 37.1 Å². The predicted octanol–water partition coefficient (Wildman–Crippen LogP) is 4.85. The van der Waals surface area contributed by atoms with E-state index >= 15 is 0 Å². The molecule has 0 bridgehead atoms. The summed E-state index contributed by atoms with van der Waals surface area (Å²) in [5, 5.41) is 3.62. The highest BCUT2D eigenvalue weighted by atomic mass is 79.9. The highest BCUT2D eigenvalue weighted by Crippen LogP contribution is 2.36. The quantitative estimate of drug-likeness (QED) is 0.772. The van der Waals surface area contributed by atoms with E-state index in [1.807, 2.05) is 0 Å². The zero-order chi connectivity index (χ0) is 14.4. The van der Waals surface area contributed by atoms with Crippen molar-refractivity contribution in [2.75, 3.05) is 13.7 Å². The van der Waals surface area contributed by atoms with E-state index in [0.29, 0.717) is 12.0 Å². The lowest BCUT2D eigenvalue weighted by Crippen LogP contribution is -2.28. The van der Waals surface area contributed by atoms with Gasteiger partial charge in [-0.15, -0.1) is 0 Å². The lowest BCUT2D eigenvalue weighted by atomic mass is 9.88. The molecule has 1 aromatic rings. The molecule has 1 aromatic carbocycles. The number of hydrogen-bond acceptors (Lipinski definition) is 2. The summed E-state index contributed by atoms with van der Waals surface area (Å²) in [5.74, 6) is 1.61. The van der Waals surface area contributed by atoms with Crippen molar-refractivity contribution in [2.45, 2.75) is 46.6 Å². The molecule has 1 N–H and O–H groups in total. The molecule has 0 aliphatic carbocycles. The number of nitrogens with one attached hydrogen (secondary N) is 1. The van der Waals surface area contributed by atoms with E-state index < -0.39 is 0 Å². The molecule has 0 fully saturated rings. The fourth-order valence-corrected chi connectivity index (χ4v) is 2.96. The minimum absolute atomic E-state index is 0.354. The second-order valence-corrected chi connectivity index (χ2v) is 5.81. The first kappa shape index (κ1) is 16.5. The smallest absolute Gasteiger partial charge is 0.123 e. The molecule has 2 nitrogen and oxygen atoms in total. The summed E-state index contributed by atoms with van der Waals surface area (Å²) in [6, 6.07) is 4.68. The van der Waals surface area contributed by atoms with Crippen molar-refractivity contribution in [1.82, 2.24) is 5.32 Å². The van der Waals surface area contributed by atoms with Crippen molar-refractivity contribution < 1.29 is 4.74 Å². The lowest BCUT2D eigenvalue weighted by molar-refractivity contribution is 0.329. The fraction of sp³-hybridized carbons (Fsp3) is 0.625. The van der Waals surface area contributed by atoms with Gasteiger partial charge in [0.15, 0.2) is 0 Å². The molecule has 0 spiro atoms. The van der Waals surface area contributed by atoms with Gasteiger partial charge in [-0.2, -0.15) is 0 Å². The summed E-state index contributed by atoms with van der Waals surface area (Å²) in [6.07, 6.45) is 2.34. The third-order valence-corrected chi connectivity index (χ3v) is 4.64. The molecule has 1 rings (SSSR count). The number of hydrogen-bond donors (Lipinski definition) is 1. The molecular formula is C16H26BrNO. The third kappa shape index (κ3) is 3.96. The fourth-order valence-electron chi connectivity index (χ4n) is 2.60. The maximum absolute atomic E-state index is 5.59. The van der Waals surface area contributed by atoms with Gasteiger partial charge in [0.05, 0.1) is 7.11 Å². The predicted molar refractivity (Wildman–Crippen MR) is 85.9 cm³/mol. The molecule has 1 atom stereocenters. The number of aryl methyl sites for hydroxylation is 1. The van der Waals surface area contributed by atoms with Crippen molar-refractivity contribution in [1.29, 1.82) is 0 Å². The zero-order valence-electron chi connectivity index (χ0n) is 12.7. The van der Waals surface area contributed by atoms with Crippen LogP contribution in [0.3, 0.4) is 0 Å². The Kier molecular flexibility index (Phi) is 6.87. The summed E-state index contributed by atoms with van der Waals surface area (Å²) in [6.45, 7) is 9.74. The van der Waals surface area contributed by atoms with Crippen molar-refractivity contribution in [3.05, 3.63) is 27.7 Å². The van der Waals surface area contributed by atoms with E-state index in [4.69, 9.17) is 4.74 Å². The molecule has 1 unspecified atom stereocenters. The van der Waals surface area contributed by atoms with Crippen LogP contribution < -0.4 is 10.1 Å². The van der Waals surface area contributed by atoms with Gasteiger partial charge >= 0.3 is 0 Å². The Bertz CT molecular complexity index is 402. The molecule has 0 saturated heterocycles. The number of rotatable bonds is 7. The Balaban J connectivity index is 3.24. The molecule has 0 aromatic heterocycles. The van der Waals surface area contributed by atoms with E-state index in [2.05, 4.69) is 61.1 Å². The van der Waals surface area contributed by atoms with Gasteiger partial charge in [0, 0.05) is 16.1 Å². The van der Waals surface area contributed by atoms with Crippen LogP contribution in [0.1, 0.15) is 50.8 Å². The molecule has 0 heterocycles. The van der Waals surface area contributed by atoms with Gasteiger partial charge in [0.25, 0.3) is 0 Å². The standard InChI is InChI=1S/C16H26BrNO/c1-6-12(7-2)16(18-8-3)13-10-14(17)11(4)9-15(13)19-5/h9-10,12,16,18H,6-8H2,1-5H3. The first-order valence-corrected chi connectivity index (χ1v) is 7.95. The average molecular weight is 328 g/mol. The third-order valence-electron chi connectivity index (χ3n) is 3.79. The van der Waals surface area contributed by atoms with Crippen molar-refractivity contribution in [3.8, 4) is 5.75 Å². The first-order valence-electron chi connectivity index (χ1n) is 7.16. The Morgan fingerprint density at radius 2 is 1.84 bits per heavy atom. The number of halogens is 1. The van der Waals surface area contributed by atoms with Crippen LogP contribution in [-0.2, 0) is 0 Å². The normalized spacial score (nSPS) is 12.8. The average Bonchev–Trinajstić information content (AvgIpc) is 2.41.